The smallest absolute Gasteiger partial charge is 0.131 e. The normalized spacial score (nSPS) is 25.4. The summed E-state index contributed by atoms with van der Waals surface area (Å²) in [5, 5.41) is 3.31. The molecule has 0 bridgehead atoms. The number of benzene rings is 1. The number of ether oxygens (including phenoxy) is 2. The van der Waals surface area contributed by atoms with Crippen LogP contribution < -0.4 is 10.1 Å². The third-order valence-corrected chi connectivity index (χ3v) is 5.12. The monoisotopic (exact) mass is 293 g/mol. The minimum absolute atomic E-state index is 0.0254. The summed E-state index contributed by atoms with van der Waals surface area (Å²) in [6, 6.07) is 5.02. The summed E-state index contributed by atoms with van der Waals surface area (Å²) in [5.74, 6) is 0.821. The molecule has 1 aliphatic carbocycles. The fourth-order valence-electron chi connectivity index (χ4n) is 3.88. The molecule has 1 heterocycles. The maximum atomic E-state index is 14.4. The predicted octanol–water partition coefficient (Wildman–Crippen LogP) is 3.44. The summed E-state index contributed by atoms with van der Waals surface area (Å²) in [6.07, 6.45) is 5.52. The van der Waals surface area contributed by atoms with E-state index >= 15 is 0 Å². The standard InChI is InChI=1S/C17H24FNO2/c1-19-16(15-13(18)5-3-6-14(15)20-2)12-7-10-21-17(11-12)8-4-9-17/h3,5-6,12,16,19H,4,7-11H2,1-2H3. The second kappa shape index (κ2) is 5.93. The zero-order valence-electron chi connectivity index (χ0n) is 12.8. The summed E-state index contributed by atoms with van der Waals surface area (Å²) in [4.78, 5) is 0. The van der Waals surface area contributed by atoms with Crippen LogP contribution in [0.1, 0.15) is 43.7 Å². The van der Waals surface area contributed by atoms with Crippen LogP contribution in [0.5, 0.6) is 5.75 Å². The highest BCUT2D eigenvalue weighted by Crippen LogP contribution is 2.48. The van der Waals surface area contributed by atoms with E-state index in [1.165, 1.54) is 12.5 Å². The largest absolute Gasteiger partial charge is 0.496 e. The van der Waals surface area contributed by atoms with Crippen molar-refractivity contribution in [2.24, 2.45) is 5.92 Å². The van der Waals surface area contributed by atoms with Gasteiger partial charge in [-0.3, -0.25) is 0 Å². The second-order valence-electron chi connectivity index (χ2n) is 6.26. The minimum atomic E-state index is -0.192. The van der Waals surface area contributed by atoms with E-state index in [2.05, 4.69) is 5.32 Å². The van der Waals surface area contributed by atoms with Crippen LogP contribution in [0, 0.1) is 11.7 Å². The van der Waals surface area contributed by atoms with Gasteiger partial charge in [0, 0.05) is 18.2 Å². The summed E-state index contributed by atoms with van der Waals surface area (Å²) in [6.45, 7) is 0.777. The number of rotatable bonds is 4. The second-order valence-corrected chi connectivity index (χ2v) is 6.26. The van der Waals surface area contributed by atoms with Gasteiger partial charge in [0.15, 0.2) is 0 Å². The Morgan fingerprint density at radius 1 is 1.43 bits per heavy atom. The Labute approximate surface area is 125 Å². The molecule has 3 rings (SSSR count). The van der Waals surface area contributed by atoms with Gasteiger partial charge >= 0.3 is 0 Å². The van der Waals surface area contributed by atoms with E-state index in [4.69, 9.17) is 9.47 Å². The summed E-state index contributed by atoms with van der Waals surface area (Å²) >= 11 is 0. The lowest BCUT2D eigenvalue weighted by Gasteiger charge is -2.48. The quantitative estimate of drug-likeness (QED) is 0.922. The molecule has 0 aromatic heterocycles. The van der Waals surface area contributed by atoms with E-state index < -0.39 is 0 Å². The van der Waals surface area contributed by atoms with Crippen molar-refractivity contribution in [3.05, 3.63) is 29.6 Å². The van der Waals surface area contributed by atoms with Crippen LogP contribution in [0.25, 0.3) is 0 Å². The van der Waals surface area contributed by atoms with Crippen LogP contribution in [0.15, 0.2) is 18.2 Å². The van der Waals surface area contributed by atoms with Gasteiger partial charge in [0.2, 0.25) is 0 Å². The highest BCUT2D eigenvalue weighted by Gasteiger charge is 2.45. The van der Waals surface area contributed by atoms with Gasteiger partial charge in [-0.2, -0.15) is 0 Å². The fourth-order valence-corrected chi connectivity index (χ4v) is 3.88. The SMILES string of the molecule is CNC(c1c(F)cccc1OC)C1CCOC2(CCC2)C1. The average Bonchev–Trinajstić information content (AvgIpc) is 2.48. The van der Waals surface area contributed by atoms with Gasteiger partial charge < -0.3 is 14.8 Å². The topological polar surface area (TPSA) is 30.5 Å². The fraction of sp³-hybridized carbons (Fsp3) is 0.647. The van der Waals surface area contributed by atoms with Gasteiger partial charge in [0.25, 0.3) is 0 Å². The van der Waals surface area contributed by atoms with Crippen molar-refractivity contribution in [1.82, 2.24) is 5.32 Å². The molecule has 4 heteroatoms. The lowest BCUT2D eigenvalue weighted by Crippen LogP contribution is -2.47. The summed E-state index contributed by atoms with van der Waals surface area (Å²) < 4.78 is 25.7. The Kier molecular flexibility index (Phi) is 4.18. The lowest BCUT2D eigenvalue weighted by molar-refractivity contribution is -0.147. The van der Waals surface area contributed by atoms with Crippen molar-refractivity contribution in [2.75, 3.05) is 20.8 Å². The van der Waals surface area contributed by atoms with Crippen LogP contribution in [-0.2, 0) is 4.74 Å². The van der Waals surface area contributed by atoms with Crippen molar-refractivity contribution >= 4 is 0 Å². The molecular weight excluding hydrogens is 269 g/mol. The van der Waals surface area contributed by atoms with Crippen molar-refractivity contribution in [3.63, 3.8) is 0 Å². The summed E-state index contributed by atoms with van der Waals surface area (Å²) in [5.41, 5.74) is 0.722. The molecule has 1 spiro atoms. The number of hydrogen-bond donors (Lipinski definition) is 1. The van der Waals surface area contributed by atoms with Crippen molar-refractivity contribution < 1.29 is 13.9 Å². The van der Waals surface area contributed by atoms with Gasteiger partial charge in [-0.25, -0.2) is 4.39 Å². The molecule has 1 aromatic carbocycles. The molecule has 1 saturated heterocycles. The number of hydrogen-bond acceptors (Lipinski definition) is 3. The van der Waals surface area contributed by atoms with E-state index in [0.29, 0.717) is 17.2 Å². The first-order valence-electron chi connectivity index (χ1n) is 7.83. The first kappa shape index (κ1) is 14.8. The molecule has 1 N–H and O–H groups in total. The maximum absolute atomic E-state index is 14.4. The van der Waals surface area contributed by atoms with Crippen molar-refractivity contribution in [2.45, 2.75) is 43.7 Å². The molecular formula is C17H24FNO2. The summed E-state index contributed by atoms with van der Waals surface area (Å²) in [7, 11) is 3.50. The molecule has 2 atom stereocenters. The molecule has 2 unspecified atom stereocenters. The van der Waals surface area contributed by atoms with Gasteiger partial charge in [0.05, 0.1) is 12.7 Å². The van der Waals surface area contributed by atoms with Crippen LogP contribution in [-0.4, -0.2) is 26.4 Å². The Morgan fingerprint density at radius 3 is 2.86 bits per heavy atom. The molecule has 0 radical (unpaired) electrons. The third kappa shape index (κ3) is 2.67. The first-order chi connectivity index (χ1) is 10.2. The van der Waals surface area contributed by atoms with E-state index in [-0.39, 0.29) is 17.5 Å². The molecule has 2 aliphatic rings. The van der Waals surface area contributed by atoms with Crippen molar-refractivity contribution in [3.8, 4) is 5.75 Å². The maximum Gasteiger partial charge on any atom is 0.131 e. The van der Waals surface area contributed by atoms with Crippen LogP contribution in [0.3, 0.4) is 0 Å². The zero-order chi connectivity index (χ0) is 14.9. The molecule has 1 saturated carbocycles. The van der Waals surface area contributed by atoms with Gasteiger partial charge in [-0.1, -0.05) is 6.07 Å². The Hall–Kier alpha value is -1.13. The first-order valence-corrected chi connectivity index (χ1v) is 7.83. The van der Waals surface area contributed by atoms with E-state index in [1.54, 1.807) is 13.2 Å². The Balaban J connectivity index is 1.88. The van der Waals surface area contributed by atoms with Crippen LogP contribution in [0.4, 0.5) is 4.39 Å². The van der Waals surface area contributed by atoms with Gasteiger partial charge in [0.1, 0.15) is 11.6 Å². The molecule has 0 amide bonds. The van der Waals surface area contributed by atoms with E-state index in [0.717, 1.165) is 32.3 Å². The minimum Gasteiger partial charge on any atom is -0.496 e. The number of nitrogens with one attached hydrogen (secondary N) is 1. The highest BCUT2D eigenvalue weighted by atomic mass is 19.1. The van der Waals surface area contributed by atoms with Gasteiger partial charge in [-0.15, -0.1) is 0 Å². The number of methoxy groups -OCH3 is 1. The predicted molar refractivity (Wildman–Crippen MR) is 80.0 cm³/mol. The molecule has 1 aromatic rings. The van der Waals surface area contributed by atoms with Crippen LogP contribution >= 0.6 is 0 Å². The molecule has 1 aliphatic heterocycles. The van der Waals surface area contributed by atoms with Crippen LogP contribution in [0.2, 0.25) is 0 Å². The lowest BCUT2D eigenvalue weighted by atomic mass is 9.69. The third-order valence-electron chi connectivity index (χ3n) is 5.12. The highest BCUT2D eigenvalue weighted by molar-refractivity contribution is 5.37. The average molecular weight is 293 g/mol. The number of halogens is 1. The molecule has 2 fully saturated rings. The molecule has 3 nitrogen and oxygen atoms in total. The molecule has 21 heavy (non-hydrogen) atoms. The Morgan fingerprint density at radius 2 is 2.24 bits per heavy atom. The van der Waals surface area contributed by atoms with E-state index in [9.17, 15) is 4.39 Å². The Bertz CT molecular complexity index is 502. The zero-order valence-corrected chi connectivity index (χ0v) is 12.8. The molecule has 116 valence electrons. The van der Waals surface area contributed by atoms with Crippen molar-refractivity contribution in [1.29, 1.82) is 0 Å². The van der Waals surface area contributed by atoms with E-state index in [1.807, 2.05) is 13.1 Å². The van der Waals surface area contributed by atoms with Gasteiger partial charge in [-0.05, 0) is 57.2 Å².